The number of hydrogen-bond donors (Lipinski definition) is 1. The van der Waals surface area contributed by atoms with Gasteiger partial charge >= 0.3 is 18.1 Å². The van der Waals surface area contributed by atoms with E-state index in [2.05, 4.69) is 0 Å². The molecular weight excluding hydrogens is 241 g/mol. The molecule has 0 radical (unpaired) electrons. The van der Waals surface area contributed by atoms with E-state index < -0.39 is 31.0 Å². The molecule has 5 nitrogen and oxygen atoms in total. The molecule has 0 saturated heterocycles. The van der Waals surface area contributed by atoms with Gasteiger partial charge in [-0.05, 0) is 14.1 Å². The van der Waals surface area contributed by atoms with Crippen LogP contribution in [0.15, 0.2) is 0 Å². The normalized spacial score (nSPS) is 11.6. The van der Waals surface area contributed by atoms with E-state index in [1.807, 2.05) is 0 Å². The molecule has 0 rings (SSSR count). The van der Waals surface area contributed by atoms with E-state index in [4.69, 9.17) is 5.11 Å². The highest BCUT2D eigenvalue weighted by Gasteiger charge is 2.42. The molecule has 0 heterocycles. The molecule has 0 aliphatic heterocycles. The number of hydrogen-bond acceptors (Lipinski definition) is 3. The summed E-state index contributed by atoms with van der Waals surface area (Å²) in [7, 11) is 3.29. The topological polar surface area (TPSA) is 60.9 Å². The Kier molecular flexibility index (Phi) is 5.94. The van der Waals surface area contributed by atoms with Crippen LogP contribution in [-0.2, 0) is 9.59 Å². The number of rotatable bonds is 6. The van der Waals surface area contributed by atoms with Crippen molar-refractivity contribution < 1.29 is 27.9 Å². The Balaban J connectivity index is 4.49. The molecule has 0 aliphatic rings. The third kappa shape index (κ3) is 6.77. The van der Waals surface area contributed by atoms with Crippen LogP contribution in [0.5, 0.6) is 0 Å². The number of alkyl halides is 3. The number of nitrogens with zero attached hydrogens (tertiary/aromatic N) is 2. The van der Waals surface area contributed by atoms with E-state index in [9.17, 15) is 22.8 Å². The van der Waals surface area contributed by atoms with E-state index in [0.29, 0.717) is 4.90 Å². The van der Waals surface area contributed by atoms with Gasteiger partial charge in [0, 0.05) is 19.6 Å². The van der Waals surface area contributed by atoms with Gasteiger partial charge in [-0.1, -0.05) is 0 Å². The van der Waals surface area contributed by atoms with Crippen molar-refractivity contribution in [2.75, 3.05) is 33.7 Å². The van der Waals surface area contributed by atoms with Crippen LogP contribution in [0.3, 0.4) is 0 Å². The fraction of sp³-hybridized carbons (Fsp3) is 0.778. The second-order valence-electron chi connectivity index (χ2n) is 3.74. The summed E-state index contributed by atoms with van der Waals surface area (Å²) in [5, 5.41) is 8.39. The molecule has 1 amide bonds. The molecular formula is C9H15F3N2O3. The average Bonchev–Trinajstić information content (AvgIpc) is 2.14. The van der Waals surface area contributed by atoms with Gasteiger partial charge in [-0.25, -0.2) is 0 Å². The van der Waals surface area contributed by atoms with Gasteiger partial charge in [0.25, 0.3) is 0 Å². The zero-order valence-corrected chi connectivity index (χ0v) is 9.62. The molecule has 0 bridgehead atoms. The summed E-state index contributed by atoms with van der Waals surface area (Å²) in [6.45, 7) is -0.360. The molecule has 0 saturated carbocycles. The van der Waals surface area contributed by atoms with Crippen LogP contribution in [0.4, 0.5) is 13.2 Å². The van der Waals surface area contributed by atoms with Crippen molar-refractivity contribution in [3.05, 3.63) is 0 Å². The van der Waals surface area contributed by atoms with Gasteiger partial charge < -0.3 is 14.9 Å². The van der Waals surface area contributed by atoms with E-state index in [1.54, 1.807) is 19.0 Å². The van der Waals surface area contributed by atoms with Crippen molar-refractivity contribution in [3.63, 3.8) is 0 Å². The standard InChI is InChI=1S/C9H15F3N2O3/c1-13(2)5-6-14(4-3-7(15)16)8(17)9(10,11)12/h3-6H2,1-2H3,(H,15,16). The molecule has 17 heavy (non-hydrogen) atoms. The number of carboxylic acids is 1. The smallest absolute Gasteiger partial charge is 0.471 e. The highest BCUT2D eigenvalue weighted by Crippen LogP contribution is 2.18. The maximum atomic E-state index is 12.2. The molecule has 0 fully saturated rings. The number of aliphatic carboxylic acids is 1. The van der Waals surface area contributed by atoms with Crippen molar-refractivity contribution in [2.24, 2.45) is 0 Å². The van der Waals surface area contributed by atoms with Crippen LogP contribution < -0.4 is 0 Å². The molecule has 0 spiro atoms. The predicted octanol–water partition coefficient (Wildman–Crippen LogP) is 0.414. The highest BCUT2D eigenvalue weighted by molar-refractivity contribution is 5.82. The largest absolute Gasteiger partial charge is 0.481 e. The molecule has 8 heteroatoms. The quantitative estimate of drug-likeness (QED) is 0.748. The second kappa shape index (κ2) is 6.43. The Morgan fingerprint density at radius 2 is 1.65 bits per heavy atom. The zero-order chi connectivity index (χ0) is 13.6. The number of halogens is 3. The Hall–Kier alpha value is -1.31. The Labute approximate surface area is 96.8 Å². The monoisotopic (exact) mass is 256 g/mol. The van der Waals surface area contributed by atoms with Crippen LogP contribution in [0.25, 0.3) is 0 Å². The summed E-state index contributed by atoms with van der Waals surface area (Å²) in [5.41, 5.74) is 0. The molecule has 0 aromatic rings. The Morgan fingerprint density at radius 1 is 1.12 bits per heavy atom. The lowest BCUT2D eigenvalue weighted by Crippen LogP contribution is -2.44. The lowest BCUT2D eigenvalue weighted by Gasteiger charge is -2.24. The third-order valence-electron chi connectivity index (χ3n) is 1.94. The molecule has 1 N–H and O–H groups in total. The van der Waals surface area contributed by atoms with Gasteiger partial charge in [0.1, 0.15) is 0 Å². The second-order valence-corrected chi connectivity index (χ2v) is 3.74. The van der Waals surface area contributed by atoms with Gasteiger partial charge in [-0.3, -0.25) is 9.59 Å². The number of amides is 1. The third-order valence-corrected chi connectivity index (χ3v) is 1.94. The lowest BCUT2D eigenvalue weighted by molar-refractivity contribution is -0.185. The van der Waals surface area contributed by atoms with Crippen molar-refractivity contribution in [3.8, 4) is 0 Å². The average molecular weight is 256 g/mol. The Morgan fingerprint density at radius 3 is 2.00 bits per heavy atom. The van der Waals surface area contributed by atoms with Gasteiger partial charge in [0.2, 0.25) is 0 Å². The van der Waals surface area contributed by atoms with Crippen molar-refractivity contribution in [1.29, 1.82) is 0 Å². The van der Waals surface area contributed by atoms with Crippen LogP contribution in [-0.4, -0.2) is 66.7 Å². The SMILES string of the molecule is CN(C)CCN(CCC(=O)O)C(=O)C(F)(F)F. The summed E-state index contributed by atoms with van der Waals surface area (Å²) < 4.78 is 36.6. The van der Waals surface area contributed by atoms with Crippen LogP contribution in [0, 0.1) is 0 Å². The van der Waals surface area contributed by atoms with Gasteiger partial charge in [0.05, 0.1) is 6.42 Å². The minimum absolute atomic E-state index is 0.154. The molecule has 0 aliphatic carbocycles. The number of carbonyl (C=O) groups is 2. The van der Waals surface area contributed by atoms with E-state index in [-0.39, 0.29) is 13.1 Å². The first-order valence-electron chi connectivity index (χ1n) is 4.87. The summed E-state index contributed by atoms with van der Waals surface area (Å²) >= 11 is 0. The highest BCUT2D eigenvalue weighted by atomic mass is 19.4. The summed E-state index contributed by atoms with van der Waals surface area (Å²) in [6.07, 6.45) is -5.47. The lowest BCUT2D eigenvalue weighted by atomic mass is 10.3. The van der Waals surface area contributed by atoms with E-state index >= 15 is 0 Å². The Bertz CT molecular complexity index is 279. The first-order chi connectivity index (χ1) is 7.64. The maximum absolute atomic E-state index is 12.2. The first-order valence-corrected chi connectivity index (χ1v) is 4.87. The summed E-state index contributed by atoms with van der Waals surface area (Å²) in [5.74, 6) is -3.24. The van der Waals surface area contributed by atoms with Crippen LogP contribution in [0.1, 0.15) is 6.42 Å². The van der Waals surface area contributed by atoms with E-state index in [1.165, 1.54) is 0 Å². The van der Waals surface area contributed by atoms with Gasteiger partial charge in [-0.2, -0.15) is 13.2 Å². The molecule has 0 atom stereocenters. The zero-order valence-electron chi connectivity index (χ0n) is 9.62. The predicted molar refractivity (Wildman–Crippen MR) is 53.4 cm³/mol. The van der Waals surface area contributed by atoms with Crippen LogP contribution in [0.2, 0.25) is 0 Å². The molecule has 0 aromatic carbocycles. The fourth-order valence-electron chi connectivity index (χ4n) is 1.05. The number of likely N-dealkylation sites (N-methyl/N-ethyl adjacent to an activating group) is 1. The summed E-state index contributed by atoms with van der Waals surface area (Å²) in [6, 6.07) is 0. The van der Waals surface area contributed by atoms with Gasteiger partial charge in [0.15, 0.2) is 0 Å². The van der Waals surface area contributed by atoms with Crippen molar-refractivity contribution in [1.82, 2.24) is 9.80 Å². The first kappa shape index (κ1) is 15.7. The van der Waals surface area contributed by atoms with Gasteiger partial charge in [-0.15, -0.1) is 0 Å². The van der Waals surface area contributed by atoms with E-state index in [0.717, 1.165) is 0 Å². The number of carbonyl (C=O) groups excluding carboxylic acids is 1. The number of carboxylic acid groups (broad SMARTS) is 1. The van der Waals surface area contributed by atoms with Crippen LogP contribution >= 0.6 is 0 Å². The summed E-state index contributed by atoms with van der Waals surface area (Å²) in [4.78, 5) is 23.4. The van der Waals surface area contributed by atoms with Crippen molar-refractivity contribution >= 4 is 11.9 Å². The fourth-order valence-corrected chi connectivity index (χ4v) is 1.05. The minimum atomic E-state index is -4.97. The molecule has 0 aromatic heterocycles. The minimum Gasteiger partial charge on any atom is -0.481 e. The van der Waals surface area contributed by atoms with Crippen molar-refractivity contribution in [2.45, 2.75) is 12.6 Å². The molecule has 0 unspecified atom stereocenters. The maximum Gasteiger partial charge on any atom is 0.471 e. The molecule has 100 valence electrons.